The Labute approximate surface area is 62.5 Å². The van der Waals surface area contributed by atoms with Gasteiger partial charge in [0.05, 0.1) is 10.9 Å². The summed E-state index contributed by atoms with van der Waals surface area (Å²) in [7, 11) is 1.68. The first-order valence-corrected chi connectivity index (χ1v) is 3.28. The van der Waals surface area contributed by atoms with Crippen LogP contribution in [0.4, 0.5) is 0 Å². The molecule has 0 saturated carbocycles. The Bertz CT molecular complexity index is 440. The van der Waals surface area contributed by atoms with Crippen molar-refractivity contribution in [1.82, 2.24) is 14.8 Å². The zero-order valence-electron chi connectivity index (χ0n) is 6.03. The highest BCUT2D eigenvalue weighted by atomic mass is 16.1. The Hall–Kier alpha value is -1.58. The van der Waals surface area contributed by atoms with E-state index in [0.717, 1.165) is 5.52 Å². The maximum atomic E-state index is 11.2. The van der Waals surface area contributed by atoms with Gasteiger partial charge in [-0.15, -0.1) is 0 Å². The van der Waals surface area contributed by atoms with E-state index in [4.69, 9.17) is 0 Å². The van der Waals surface area contributed by atoms with Crippen LogP contribution in [0.3, 0.4) is 0 Å². The third-order valence-corrected chi connectivity index (χ3v) is 1.64. The number of aromatic nitrogens is 3. The van der Waals surface area contributed by atoms with Crippen molar-refractivity contribution in [2.24, 2.45) is 7.05 Å². The van der Waals surface area contributed by atoms with Gasteiger partial charge in [-0.3, -0.25) is 19.6 Å². The lowest BCUT2D eigenvalue weighted by Crippen LogP contribution is -2.11. The predicted octanol–water partition coefficient (Wildman–Crippen LogP) is 0.262. The minimum atomic E-state index is -0.0342. The Morgan fingerprint density at radius 2 is 2.45 bits per heavy atom. The summed E-state index contributed by atoms with van der Waals surface area (Å²) in [6, 6.07) is 1.77. The molecule has 11 heavy (non-hydrogen) atoms. The number of rotatable bonds is 0. The monoisotopic (exact) mass is 149 g/mol. The minimum Gasteiger partial charge on any atom is -0.295 e. The van der Waals surface area contributed by atoms with Gasteiger partial charge in [-0.1, -0.05) is 0 Å². The molecule has 0 unspecified atom stereocenters. The summed E-state index contributed by atoms with van der Waals surface area (Å²) in [5.74, 6) is 0. The lowest BCUT2D eigenvalue weighted by Gasteiger charge is -1.82. The normalized spacial score (nSPS) is 10.6. The van der Waals surface area contributed by atoms with Crippen LogP contribution in [0.1, 0.15) is 0 Å². The minimum absolute atomic E-state index is 0.0342. The molecule has 2 aromatic heterocycles. The Balaban J connectivity index is 3.04. The second kappa shape index (κ2) is 1.95. The molecule has 56 valence electrons. The Morgan fingerprint density at radius 1 is 1.64 bits per heavy atom. The third kappa shape index (κ3) is 0.756. The van der Waals surface area contributed by atoms with E-state index in [1.54, 1.807) is 25.5 Å². The number of nitrogens with one attached hydrogen (secondary N) is 1. The summed E-state index contributed by atoms with van der Waals surface area (Å²) in [4.78, 5) is 15.1. The van der Waals surface area contributed by atoms with E-state index in [2.05, 4.69) is 10.1 Å². The van der Waals surface area contributed by atoms with Crippen LogP contribution in [0, 0.1) is 0 Å². The smallest absolute Gasteiger partial charge is 0.275 e. The van der Waals surface area contributed by atoms with Crippen LogP contribution in [0.5, 0.6) is 0 Å². The van der Waals surface area contributed by atoms with Gasteiger partial charge in [0.25, 0.3) is 5.56 Å². The van der Waals surface area contributed by atoms with Crippen LogP contribution in [-0.2, 0) is 7.05 Å². The van der Waals surface area contributed by atoms with E-state index in [9.17, 15) is 4.79 Å². The molecule has 4 heteroatoms. The maximum absolute atomic E-state index is 11.2. The highest BCUT2D eigenvalue weighted by Gasteiger charge is 2.00. The fourth-order valence-corrected chi connectivity index (χ4v) is 1.07. The molecular weight excluding hydrogens is 142 g/mol. The van der Waals surface area contributed by atoms with Crippen LogP contribution >= 0.6 is 0 Å². The van der Waals surface area contributed by atoms with Crippen molar-refractivity contribution in [3.63, 3.8) is 0 Å². The molecule has 1 N–H and O–H groups in total. The van der Waals surface area contributed by atoms with Crippen molar-refractivity contribution in [2.75, 3.05) is 0 Å². The molecule has 0 radical (unpaired) electrons. The van der Waals surface area contributed by atoms with Crippen LogP contribution in [-0.4, -0.2) is 14.8 Å². The molecule has 0 saturated heterocycles. The second-order valence-corrected chi connectivity index (χ2v) is 2.40. The summed E-state index contributed by atoms with van der Waals surface area (Å²) in [6.45, 7) is 0. The van der Waals surface area contributed by atoms with Crippen molar-refractivity contribution >= 4 is 10.9 Å². The zero-order chi connectivity index (χ0) is 7.84. The third-order valence-electron chi connectivity index (χ3n) is 1.64. The molecule has 0 aliphatic heterocycles. The SMILES string of the molecule is Cn1[nH]c2ccncc2c1=O. The molecule has 2 aromatic rings. The van der Waals surface area contributed by atoms with Crippen molar-refractivity contribution in [1.29, 1.82) is 0 Å². The fraction of sp³-hybridized carbons (Fsp3) is 0.143. The van der Waals surface area contributed by atoms with E-state index in [-0.39, 0.29) is 5.56 Å². The Kier molecular flexibility index (Phi) is 1.09. The van der Waals surface area contributed by atoms with Gasteiger partial charge in [-0.05, 0) is 6.07 Å². The lowest BCUT2D eigenvalue weighted by molar-refractivity contribution is 0.751. The average molecular weight is 149 g/mol. The highest BCUT2D eigenvalue weighted by molar-refractivity contribution is 5.76. The predicted molar refractivity (Wildman–Crippen MR) is 41.3 cm³/mol. The first-order chi connectivity index (χ1) is 5.29. The van der Waals surface area contributed by atoms with Gasteiger partial charge in [0.2, 0.25) is 0 Å². The van der Waals surface area contributed by atoms with Crippen molar-refractivity contribution in [3.8, 4) is 0 Å². The number of H-pyrrole nitrogens is 1. The number of pyridine rings is 1. The molecule has 2 rings (SSSR count). The largest absolute Gasteiger partial charge is 0.295 e. The first kappa shape index (κ1) is 6.15. The molecule has 0 fully saturated rings. The number of aryl methyl sites for hydroxylation is 1. The molecule has 0 bridgehead atoms. The molecule has 0 aliphatic carbocycles. The number of fused-ring (bicyclic) bond motifs is 1. The van der Waals surface area contributed by atoms with Gasteiger partial charge in [0.1, 0.15) is 0 Å². The first-order valence-electron chi connectivity index (χ1n) is 3.28. The van der Waals surface area contributed by atoms with Gasteiger partial charge in [0.15, 0.2) is 0 Å². The summed E-state index contributed by atoms with van der Waals surface area (Å²) < 4.78 is 1.44. The van der Waals surface area contributed by atoms with E-state index < -0.39 is 0 Å². The van der Waals surface area contributed by atoms with Gasteiger partial charge in [-0.25, -0.2) is 0 Å². The van der Waals surface area contributed by atoms with E-state index in [1.807, 2.05) is 0 Å². The van der Waals surface area contributed by atoms with Crippen LogP contribution in [0.25, 0.3) is 10.9 Å². The number of nitrogens with zero attached hydrogens (tertiary/aromatic N) is 2. The van der Waals surface area contributed by atoms with Gasteiger partial charge in [0, 0.05) is 19.4 Å². The summed E-state index contributed by atoms with van der Waals surface area (Å²) in [5, 5.41) is 3.53. The topological polar surface area (TPSA) is 50.7 Å². The van der Waals surface area contributed by atoms with E-state index >= 15 is 0 Å². The van der Waals surface area contributed by atoms with Crippen LogP contribution < -0.4 is 5.56 Å². The molecule has 0 amide bonds. The molecule has 0 spiro atoms. The average Bonchev–Trinajstić information content (AvgIpc) is 2.30. The van der Waals surface area contributed by atoms with Crippen molar-refractivity contribution in [3.05, 3.63) is 28.8 Å². The number of hydrogen-bond donors (Lipinski definition) is 1. The Morgan fingerprint density at radius 3 is 3.18 bits per heavy atom. The fourth-order valence-electron chi connectivity index (χ4n) is 1.07. The molecule has 2 heterocycles. The van der Waals surface area contributed by atoms with Gasteiger partial charge in [-0.2, -0.15) is 0 Å². The summed E-state index contributed by atoms with van der Waals surface area (Å²) >= 11 is 0. The molecule has 0 atom stereocenters. The van der Waals surface area contributed by atoms with Crippen LogP contribution in [0.15, 0.2) is 23.3 Å². The van der Waals surface area contributed by atoms with Crippen molar-refractivity contribution < 1.29 is 0 Å². The standard InChI is InChI=1S/C7H7N3O/c1-10-7(11)5-4-8-3-2-6(5)9-10/h2-4,9H,1H3. The molecule has 4 nitrogen and oxygen atoms in total. The van der Waals surface area contributed by atoms with Gasteiger partial charge >= 0.3 is 0 Å². The summed E-state index contributed by atoms with van der Waals surface area (Å²) in [6.07, 6.45) is 3.21. The van der Waals surface area contributed by atoms with Gasteiger partial charge < -0.3 is 0 Å². The number of aromatic amines is 1. The highest BCUT2D eigenvalue weighted by Crippen LogP contribution is 2.01. The zero-order valence-corrected chi connectivity index (χ0v) is 6.03. The quantitative estimate of drug-likeness (QED) is 0.584. The molecule has 0 aromatic carbocycles. The molecule has 0 aliphatic rings. The number of hydrogen-bond acceptors (Lipinski definition) is 2. The van der Waals surface area contributed by atoms with E-state index in [1.165, 1.54) is 4.68 Å². The van der Waals surface area contributed by atoms with E-state index in [0.29, 0.717) is 5.39 Å². The molecular formula is C7H7N3O. The lowest BCUT2D eigenvalue weighted by atomic mass is 10.3. The maximum Gasteiger partial charge on any atom is 0.275 e. The second-order valence-electron chi connectivity index (χ2n) is 2.40. The van der Waals surface area contributed by atoms with Crippen LogP contribution in [0.2, 0.25) is 0 Å². The van der Waals surface area contributed by atoms with Crippen molar-refractivity contribution in [2.45, 2.75) is 0 Å². The summed E-state index contributed by atoms with van der Waals surface area (Å²) in [5.41, 5.74) is 0.792.